The van der Waals surface area contributed by atoms with Crippen LogP contribution in [-0.4, -0.2) is 4.98 Å². The van der Waals surface area contributed by atoms with Gasteiger partial charge in [0.2, 0.25) is 0 Å². The summed E-state index contributed by atoms with van der Waals surface area (Å²) < 4.78 is 13.3. The predicted molar refractivity (Wildman–Crippen MR) is 63.1 cm³/mol. The normalized spacial score (nSPS) is 10.1. The number of pyridine rings is 1. The summed E-state index contributed by atoms with van der Waals surface area (Å²) >= 11 is 0. The number of benzene rings is 1. The SMILES string of the molecule is Cc1ccc(Nc2ncccc2N)cc1F. The molecule has 1 aromatic heterocycles. The summed E-state index contributed by atoms with van der Waals surface area (Å²) in [5.74, 6) is 0.283. The van der Waals surface area contributed by atoms with Crippen molar-refractivity contribution in [1.82, 2.24) is 4.98 Å². The van der Waals surface area contributed by atoms with Gasteiger partial charge in [0.1, 0.15) is 5.82 Å². The number of nitrogen functional groups attached to an aromatic ring is 1. The molecule has 3 nitrogen and oxygen atoms in total. The molecule has 4 heteroatoms. The molecular formula is C12H12FN3. The fourth-order valence-electron chi connectivity index (χ4n) is 1.33. The van der Waals surface area contributed by atoms with Crippen molar-refractivity contribution in [3.05, 3.63) is 47.9 Å². The summed E-state index contributed by atoms with van der Waals surface area (Å²) in [5.41, 5.74) is 7.49. The zero-order valence-corrected chi connectivity index (χ0v) is 8.87. The Morgan fingerprint density at radius 2 is 2.12 bits per heavy atom. The summed E-state index contributed by atoms with van der Waals surface area (Å²) in [4.78, 5) is 4.07. The Morgan fingerprint density at radius 3 is 2.81 bits per heavy atom. The molecule has 2 rings (SSSR count). The Balaban J connectivity index is 2.28. The minimum atomic E-state index is -0.250. The van der Waals surface area contributed by atoms with Crippen molar-refractivity contribution in [2.75, 3.05) is 11.1 Å². The van der Waals surface area contributed by atoms with Crippen molar-refractivity contribution in [2.24, 2.45) is 0 Å². The highest BCUT2D eigenvalue weighted by atomic mass is 19.1. The largest absolute Gasteiger partial charge is 0.396 e. The van der Waals surface area contributed by atoms with Gasteiger partial charge in [-0.2, -0.15) is 0 Å². The molecule has 0 aliphatic carbocycles. The number of nitrogens with two attached hydrogens (primary N) is 1. The van der Waals surface area contributed by atoms with Gasteiger partial charge in [-0.05, 0) is 36.8 Å². The molecule has 0 spiro atoms. The van der Waals surface area contributed by atoms with Gasteiger partial charge < -0.3 is 11.1 Å². The Hall–Kier alpha value is -2.10. The van der Waals surface area contributed by atoms with E-state index >= 15 is 0 Å². The number of aromatic nitrogens is 1. The predicted octanol–water partition coefficient (Wildman–Crippen LogP) is 2.85. The second-order valence-corrected chi connectivity index (χ2v) is 3.53. The summed E-state index contributed by atoms with van der Waals surface area (Å²) in [6.45, 7) is 1.72. The van der Waals surface area contributed by atoms with E-state index in [0.29, 0.717) is 22.8 Å². The van der Waals surface area contributed by atoms with Crippen LogP contribution in [-0.2, 0) is 0 Å². The van der Waals surface area contributed by atoms with Crippen LogP contribution in [0.5, 0.6) is 0 Å². The number of hydrogen-bond acceptors (Lipinski definition) is 3. The molecule has 0 amide bonds. The Kier molecular flexibility index (Phi) is 2.72. The van der Waals surface area contributed by atoms with Gasteiger partial charge in [0.15, 0.2) is 5.82 Å². The van der Waals surface area contributed by atoms with E-state index in [1.54, 1.807) is 37.4 Å². The van der Waals surface area contributed by atoms with Crippen LogP contribution < -0.4 is 11.1 Å². The number of hydrogen-bond donors (Lipinski definition) is 2. The van der Waals surface area contributed by atoms with E-state index in [2.05, 4.69) is 10.3 Å². The molecule has 1 heterocycles. The quantitative estimate of drug-likeness (QED) is 0.813. The first-order valence-electron chi connectivity index (χ1n) is 4.90. The monoisotopic (exact) mass is 217 g/mol. The highest BCUT2D eigenvalue weighted by Gasteiger charge is 2.02. The molecule has 0 unspecified atom stereocenters. The van der Waals surface area contributed by atoms with E-state index in [-0.39, 0.29) is 5.82 Å². The molecule has 0 saturated carbocycles. The third-order valence-electron chi connectivity index (χ3n) is 2.27. The van der Waals surface area contributed by atoms with E-state index in [1.807, 2.05) is 0 Å². The molecule has 0 radical (unpaired) electrons. The van der Waals surface area contributed by atoms with Crippen molar-refractivity contribution in [2.45, 2.75) is 6.92 Å². The van der Waals surface area contributed by atoms with Crippen molar-refractivity contribution in [1.29, 1.82) is 0 Å². The molecule has 3 N–H and O–H groups in total. The summed E-state index contributed by atoms with van der Waals surface area (Å²) in [5, 5.41) is 2.96. The maximum absolute atomic E-state index is 13.3. The van der Waals surface area contributed by atoms with Gasteiger partial charge in [0.05, 0.1) is 5.69 Å². The van der Waals surface area contributed by atoms with Gasteiger partial charge in [0.25, 0.3) is 0 Å². The average Bonchev–Trinajstić information content (AvgIpc) is 2.27. The number of aryl methyl sites for hydroxylation is 1. The lowest BCUT2D eigenvalue weighted by Gasteiger charge is -2.08. The zero-order chi connectivity index (χ0) is 11.5. The molecular weight excluding hydrogens is 205 g/mol. The summed E-state index contributed by atoms with van der Waals surface area (Å²) in [6.07, 6.45) is 1.63. The fourth-order valence-corrected chi connectivity index (χ4v) is 1.33. The summed E-state index contributed by atoms with van der Waals surface area (Å²) in [6, 6.07) is 8.39. The Labute approximate surface area is 93.1 Å². The van der Waals surface area contributed by atoms with Gasteiger partial charge in [-0.25, -0.2) is 9.37 Å². The lowest BCUT2D eigenvalue weighted by Crippen LogP contribution is -1.99. The lowest BCUT2D eigenvalue weighted by atomic mass is 10.2. The molecule has 1 aromatic carbocycles. The molecule has 16 heavy (non-hydrogen) atoms. The maximum Gasteiger partial charge on any atom is 0.153 e. The van der Waals surface area contributed by atoms with Crippen LogP contribution in [0.4, 0.5) is 21.6 Å². The fraction of sp³-hybridized carbons (Fsp3) is 0.0833. The smallest absolute Gasteiger partial charge is 0.153 e. The first kappa shape index (κ1) is 10.4. The number of anilines is 3. The Bertz CT molecular complexity index is 511. The van der Waals surface area contributed by atoms with Crippen LogP contribution in [0.2, 0.25) is 0 Å². The van der Waals surface area contributed by atoms with Gasteiger partial charge in [0, 0.05) is 11.9 Å². The molecule has 2 aromatic rings. The first-order chi connectivity index (χ1) is 7.66. The van der Waals surface area contributed by atoms with Crippen molar-refractivity contribution < 1.29 is 4.39 Å². The maximum atomic E-state index is 13.3. The van der Waals surface area contributed by atoms with Gasteiger partial charge in [-0.1, -0.05) is 6.07 Å². The first-order valence-corrected chi connectivity index (χ1v) is 4.90. The van der Waals surface area contributed by atoms with E-state index in [0.717, 1.165) is 0 Å². The van der Waals surface area contributed by atoms with Gasteiger partial charge >= 0.3 is 0 Å². The molecule has 82 valence electrons. The van der Waals surface area contributed by atoms with Crippen LogP contribution in [0, 0.1) is 12.7 Å². The summed E-state index contributed by atoms with van der Waals surface area (Å²) in [7, 11) is 0. The third kappa shape index (κ3) is 2.11. The van der Waals surface area contributed by atoms with Crippen molar-refractivity contribution in [3.63, 3.8) is 0 Å². The number of nitrogens with one attached hydrogen (secondary N) is 1. The lowest BCUT2D eigenvalue weighted by molar-refractivity contribution is 0.619. The van der Waals surface area contributed by atoms with Crippen molar-refractivity contribution >= 4 is 17.2 Å². The molecule has 0 fully saturated rings. The number of halogens is 1. The van der Waals surface area contributed by atoms with E-state index < -0.39 is 0 Å². The van der Waals surface area contributed by atoms with E-state index in [4.69, 9.17) is 5.73 Å². The minimum absolute atomic E-state index is 0.250. The number of nitrogens with zero attached hydrogens (tertiary/aromatic N) is 1. The standard InChI is InChI=1S/C12H12FN3/c1-8-4-5-9(7-10(8)13)16-12-11(14)3-2-6-15-12/h2-7H,14H2,1H3,(H,15,16). The third-order valence-corrected chi connectivity index (χ3v) is 2.27. The average molecular weight is 217 g/mol. The second kappa shape index (κ2) is 4.18. The highest BCUT2D eigenvalue weighted by Crippen LogP contribution is 2.21. The molecule has 0 aliphatic rings. The number of rotatable bonds is 2. The van der Waals surface area contributed by atoms with E-state index in [1.165, 1.54) is 6.07 Å². The van der Waals surface area contributed by atoms with Crippen LogP contribution in [0.1, 0.15) is 5.56 Å². The molecule has 0 atom stereocenters. The van der Waals surface area contributed by atoms with Crippen LogP contribution in [0.3, 0.4) is 0 Å². The van der Waals surface area contributed by atoms with Crippen molar-refractivity contribution in [3.8, 4) is 0 Å². The molecule has 0 aliphatic heterocycles. The molecule has 0 bridgehead atoms. The zero-order valence-electron chi connectivity index (χ0n) is 8.87. The minimum Gasteiger partial charge on any atom is -0.396 e. The highest BCUT2D eigenvalue weighted by molar-refractivity contribution is 5.68. The van der Waals surface area contributed by atoms with Crippen LogP contribution in [0.25, 0.3) is 0 Å². The van der Waals surface area contributed by atoms with E-state index in [9.17, 15) is 4.39 Å². The second-order valence-electron chi connectivity index (χ2n) is 3.53. The van der Waals surface area contributed by atoms with Gasteiger partial charge in [-0.3, -0.25) is 0 Å². The topological polar surface area (TPSA) is 50.9 Å². The molecule has 0 saturated heterocycles. The van der Waals surface area contributed by atoms with Crippen LogP contribution in [0.15, 0.2) is 36.5 Å². The Morgan fingerprint density at radius 1 is 1.31 bits per heavy atom. The van der Waals surface area contributed by atoms with Crippen LogP contribution >= 0.6 is 0 Å². The van der Waals surface area contributed by atoms with Gasteiger partial charge in [-0.15, -0.1) is 0 Å².